The monoisotopic (exact) mass is 373 g/mol. The number of hydroxylamine groups is 1. The van der Waals surface area contributed by atoms with E-state index < -0.39 is 16.8 Å². The summed E-state index contributed by atoms with van der Waals surface area (Å²) in [6, 6.07) is 12.6. The van der Waals surface area contributed by atoms with Crippen molar-refractivity contribution >= 4 is 17.2 Å². The van der Waals surface area contributed by atoms with Gasteiger partial charge >= 0.3 is 0 Å². The normalized spacial score (nSPS) is 16.0. The summed E-state index contributed by atoms with van der Waals surface area (Å²) in [7, 11) is 0. The van der Waals surface area contributed by atoms with E-state index in [-0.39, 0.29) is 11.5 Å². The lowest BCUT2D eigenvalue weighted by Gasteiger charge is -2.40. The van der Waals surface area contributed by atoms with E-state index >= 15 is 0 Å². The van der Waals surface area contributed by atoms with Gasteiger partial charge in [0.1, 0.15) is 5.84 Å². The average molecular weight is 373 g/mol. The van der Waals surface area contributed by atoms with Crippen LogP contribution in [0.1, 0.15) is 11.6 Å². The van der Waals surface area contributed by atoms with Crippen LogP contribution < -0.4 is 10.4 Å². The van der Waals surface area contributed by atoms with Crippen molar-refractivity contribution in [3.8, 4) is 0 Å². The number of hydrogen-bond acceptors (Lipinski definition) is 6. The Morgan fingerprint density at radius 1 is 1.19 bits per heavy atom. The topological polar surface area (TPSA) is 106 Å². The Labute approximate surface area is 155 Å². The van der Waals surface area contributed by atoms with Gasteiger partial charge in [0.05, 0.1) is 22.7 Å². The van der Waals surface area contributed by atoms with E-state index in [2.05, 4.69) is 0 Å². The SMILES string of the molecule is N=C(NO)C(c1ccccc1)N1CCN(c2ccc([N+](=O)[O-])cc2F)CC1. The summed E-state index contributed by atoms with van der Waals surface area (Å²) in [5.41, 5.74) is 2.86. The molecule has 9 heteroatoms. The largest absolute Gasteiger partial charge is 0.367 e. The maximum absolute atomic E-state index is 14.3. The number of nitro groups is 1. The maximum Gasteiger partial charge on any atom is 0.272 e. The van der Waals surface area contributed by atoms with Crippen molar-refractivity contribution in [3.63, 3.8) is 0 Å². The summed E-state index contributed by atoms with van der Waals surface area (Å²) >= 11 is 0. The van der Waals surface area contributed by atoms with Gasteiger partial charge in [-0.15, -0.1) is 0 Å². The lowest BCUT2D eigenvalue weighted by atomic mass is 10.0. The van der Waals surface area contributed by atoms with Gasteiger partial charge in [-0.2, -0.15) is 0 Å². The van der Waals surface area contributed by atoms with Crippen LogP contribution in [0.4, 0.5) is 15.8 Å². The molecule has 8 nitrogen and oxygen atoms in total. The van der Waals surface area contributed by atoms with Crippen molar-refractivity contribution < 1.29 is 14.5 Å². The quantitative estimate of drug-likeness (QED) is 0.322. The van der Waals surface area contributed by atoms with E-state index in [4.69, 9.17) is 5.41 Å². The van der Waals surface area contributed by atoms with Gasteiger partial charge in [-0.05, 0) is 11.6 Å². The molecule has 0 spiro atoms. The number of nitrogens with one attached hydrogen (secondary N) is 2. The van der Waals surface area contributed by atoms with E-state index in [1.54, 1.807) is 0 Å². The molecule has 1 fully saturated rings. The first-order valence-electron chi connectivity index (χ1n) is 8.47. The van der Waals surface area contributed by atoms with E-state index in [1.807, 2.05) is 45.6 Å². The van der Waals surface area contributed by atoms with Crippen LogP contribution in [0.25, 0.3) is 0 Å². The molecule has 1 heterocycles. The standard InChI is InChI=1S/C18H20FN5O3/c19-15-12-14(24(26)27)6-7-16(15)22-8-10-23(11-9-22)17(18(20)21-25)13-4-2-1-3-5-13/h1-7,12,17,25H,8-11H2,(H2,20,21). The number of piperazine rings is 1. The molecule has 1 atom stereocenters. The first-order chi connectivity index (χ1) is 13.0. The molecule has 0 aliphatic carbocycles. The second-order valence-electron chi connectivity index (χ2n) is 6.25. The van der Waals surface area contributed by atoms with Crippen LogP contribution in [-0.4, -0.2) is 47.0 Å². The molecule has 0 bridgehead atoms. The van der Waals surface area contributed by atoms with Gasteiger partial charge in [-0.25, -0.2) is 4.39 Å². The molecule has 1 aliphatic rings. The molecule has 3 N–H and O–H groups in total. The Hall–Kier alpha value is -3.04. The lowest BCUT2D eigenvalue weighted by Crippen LogP contribution is -2.50. The molecule has 0 amide bonds. The number of non-ortho nitro benzene ring substituents is 1. The molecule has 0 saturated carbocycles. The summed E-state index contributed by atoms with van der Waals surface area (Å²) in [6.07, 6.45) is 0. The molecule has 1 saturated heterocycles. The Bertz CT molecular complexity index is 825. The number of anilines is 1. The molecule has 142 valence electrons. The van der Waals surface area contributed by atoms with Gasteiger partial charge in [-0.3, -0.25) is 31.1 Å². The first kappa shape index (κ1) is 18.7. The Morgan fingerprint density at radius 2 is 1.85 bits per heavy atom. The molecule has 2 aromatic rings. The third-order valence-electron chi connectivity index (χ3n) is 4.67. The van der Waals surface area contributed by atoms with Gasteiger partial charge in [0, 0.05) is 32.2 Å². The molecule has 2 aromatic carbocycles. The Kier molecular flexibility index (Phi) is 5.63. The van der Waals surface area contributed by atoms with E-state index in [0.29, 0.717) is 31.9 Å². The third kappa shape index (κ3) is 4.04. The van der Waals surface area contributed by atoms with Crippen molar-refractivity contribution in [2.75, 3.05) is 31.1 Å². The fourth-order valence-corrected chi connectivity index (χ4v) is 3.34. The molecule has 0 aromatic heterocycles. The second kappa shape index (κ2) is 8.11. The number of benzene rings is 2. The highest BCUT2D eigenvalue weighted by Gasteiger charge is 2.29. The summed E-state index contributed by atoms with van der Waals surface area (Å²) < 4.78 is 14.3. The summed E-state index contributed by atoms with van der Waals surface area (Å²) in [6.45, 7) is 2.08. The smallest absolute Gasteiger partial charge is 0.272 e. The van der Waals surface area contributed by atoms with E-state index in [9.17, 15) is 19.7 Å². The Morgan fingerprint density at radius 3 is 2.41 bits per heavy atom. The van der Waals surface area contributed by atoms with Crippen LogP contribution in [0, 0.1) is 21.3 Å². The van der Waals surface area contributed by atoms with Gasteiger partial charge in [-0.1, -0.05) is 30.3 Å². The van der Waals surface area contributed by atoms with Crippen molar-refractivity contribution in [2.45, 2.75) is 6.04 Å². The molecule has 0 radical (unpaired) electrons. The molecular weight excluding hydrogens is 353 g/mol. The molecule has 27 heavy (non-hydrogen) atoms. The van der Waals surface area contributed by atoms with Crippen molar-refractivity contribution in [1.82, 2.24) is 10.4 Å². The number of amidine groups is 1. The Balaban J connectivity index is 1.74. The predicted octanol–water partition coefficient (Wildman–Crippen LogP) is 2.55. The zero-order valence-corrected chi connectivity index (χ0v) is 14.5. The van der Waals surface area contributed by atoms with Crippen LogP contribution in [0.2, 0.25) is 0 Å². The van der Waals surface area contributed by atoms with Gasteiger partial charge in [0.15, 0.2) is 5.82 Å². The maximum atomic E-state index is 14.3. The molecule has 1 unspecified atom stereocenters. The number of nitrogens with zero attached hydrogens (tertiary/aromatic N) is 3. The predicted molar refractivity (Wildman–Crippen MR) is 98.7 cm³/mol. The summed E-state index contributed by atoms with van der Waals surface area (Å²) in [5.74, 6) is -0.654. The van der Waals surface area contributed by atoms with Crippen LogP contribution in [0.3, 0.4) is 0 Å². The van der Waals surface area contributed by atoms with Crippen molar-refractivity contribution in [3.05, 3.63) is 70.0 Å². The minimum absolute atomic E-state index is 0.0313. The second-order valence-corrected chi connectivity index (χ2v) is 6.25. The van der Waals surface area contributed by atoms with Gasteiger partial charge in [0.25, 0.3) is 5.69 Å². The zero-order chi connectivity index (χ0) is 19.4. The highest BCUT2D eigenvalue weighted by atomic mass is 19.1. The minimum Gasteiger partial charge on any atom is -0.367 e. The number of nitro benzene ring substituents is 1. The summed E-state index contributed by atoms with van der Waals surface area (Å²) in [4.78, 5) is 14.0. The highest BCUT2D eigenvalue weighted by molar-refractivity contribution is 5.84. The molecule has 1 aliphatic heterocycles. The molecule has 3 rings (SSSR count). The van der Waals surface area contributed by atoms with Crippen LogP contribution in [0.15, 0.2) is 48.5 Å². The number of hydrogen-bond donors (Lipinski definition) is 3. The van der Waals surface area contributed by atoms with Crippen LogP contribution in [-0.2, 0) is 0 Å². The van der Waals surface area contributed by atoms with E-state index in [0.717, 1.165) is 11.6 Å². The third-order valence-corrected chi connectivity index (χ3v) is 4.67. The fourth-order valence-electron chi connectivity index (χ4n) is 3.34. The lowest BCUT2D eigenvalue weighted by molar-refractivity contribution is -0.385. The highest BCUT2D eigenvalue weighted by Crippen LogP contribution is 2.28. The zero-order valence-electron chi connectivity index (χ0n) is 14.5. The fraction of sp³-hybridized carbons (Fsp3) is 0.278. The summed E-state index contributed by atoms with van der Waals surface area (Å²) in [5, 5.41) is 28.0. The van der Waals surface area contributed by atoms with Gasteiger partial charge < -0.3 is 4.90 Å². The van der Waals surface area contributed by atoms with Gasteiger partial charge in [0.2, 0.25) is 0 Å². The van der Waals surface area contributed by atoms with E-state index in [1.165, 1.54) is 12.1 Å². The van der Waals surface area contributed by atoms with Crippen LogP contribution in [0.5, 0.6) is 0 Å². The first-order valence-corrected chi connectivity index (χ1v) is 8.47. The van der Waals surface area contributed by atoms with Crippen molar-refractivity contribution in [2.24, 2.45) is 0 Å². The number of halogens is 1. The van der Waals surface area contributed by atoms with Crippen molar-refractivity contribution in [1.29, 1.82) is 5.41 Å². The molecular formula is C18H20FN5O3. The number of rotatable bonds is 5. The average Bonchev–Trinajstić information content (AvgIpc) is 2.69. The minimum atomic E-state index is -0.623. The van der Waals surface area contributed by atoms with Crippen LogP contribution >= 0.6 is 0 Å².